The lowest BCUT2D eigenvalue weighted by Gasteiger charge is -2.24. The molecule has 0 fully saturated rings. The van der Waals surface area contributed by atoms with Crippen LogP contribution in [-0.2, 0) is 21.7 Å². The maximum Gasteiger partial charge on any atom is 0.119 e. The van der Waals surface area contributed by atoms with Gasteiger partial charge >= 0.3 is 0 Å². The number of phenols is 1. The van der Waals surface area contributed by atoms with Gasteiger partial charge in [-0.05, 0) is 50.0 Å². The molecule has 0 spiro atoms. The molecule has 0 amide bonds. The lowest BCUT2D eigenvalue weighted by atomic mass is 9.81. The summed E-state index contributed by atoms with van der Waals surface area (Å²) in [5, 5.41) is 9.99. The van der Waals surface area contributed by atoms with E-state index in [1.54, 1.807) is 0 Å². The minimum absolute atomic E-state index is 0.000494. The van der Waals surface area contributed by atoms with Gasteiger partial charge in [-0.25, -0.2) is 0 Å². The molecule has 2 aromatic carbocycles. The molecule has 29 heavy (non-hydrogen) atoms. The average molecular weight is 397 g/mol. The fourth-order valence-corrected chi connectivity index (χ4v) is 3.10. The average Bonchev–Trinajstić information content (AvgIpc) is 2.52. The Morgan fingerprint density at radius 1 is 0.448 bits per heavy atom. The third-order valence-electron chi connectivity index (χ3n) is 5.29. The lowest BCUT2D eigenvalue weighted by molar-refractivity contribution is 0.443. The van der Waals surface area contributed by atoms with Gasteiger partial charge in [0.2, 0.25) is 0 Å². The van der Waals surface area contributed by atoms with Crippen LogP contribution in [0.4, 0.5) is 0 Å². The summed E-state index contributed by atoms with van der Waals surface area (Å²) in [6, 6.07) is 15.0. The summed E-state index contributed by atoms with van der Waals surface area (Å²) in [5.74, 6) is 0.412. The van der Waals surface area contributed by atoms with Gasteiger partial charge in [0.15, 0.2) is 0 Å². The zero-order valence-corrected chi connectivity index (χ0v) is 21.0. The maximum absolute atomic E-state index is 9.99. The molecule has 0 aliphatic heterocycles. The molecule has 0 saturated carbocycles. The standard InChI is InChI=1S/C14H22O.C14H22/c1-13(2,3)10-7-8-11(12(15)9-10)14(4,5)6;1-13(2,3)11-7-9-12(10-8-11)14(4,5)6/h7-9,15H,1-6H3;7-10H,1-6H3. The summed E-state index contributed by atoms with van der Waals surface area (Å²) in [4.78, 5) is 0. The third kappa shape index (κ3) is 7.53. The fourth-order valence-electron chi connectivity index (χ4n) is 3.10. The monoisotopic (exact) mass is 396 g/mol. The van der Waals surface area contributed by atoms with E-state index in [1.807, 2.05) is 12.1 Å². The molecule has 0 atom stereocenters. The molecule has 0 heterocycles. The molecule has 1 N–H and O–H groups in total. The number of hydrogen-bond acceptors (Lipinski definition) is 1. The molecule has 1 nitrogen and oxygen atoms in total. The molecule has 0 aromatic heterocycles. The number of phenolic OH excluding ortho intramolecular Hbond substituents is 1. The minimum Gasteiger partial charge on any atom is -0.508 e. The smallest absolute Gasteiger partial charge is 0.119 e. The molecule has 162 valence electrons. The molecule has 0 unspecified atom stereocenters. The van der Waals surface area contributed by atoms with Crippen molar-refractivity contribution in [2.45, 2.75) is 105 Å². The normalized spacial score (nSPS) is 13.0. The van der Waals surface area contributed by atoms with Gasteiger partial charge in [0.1, 0.15) is 5.75 Å². The fraction of sp³-hybridized carbons (Fsp3) is 0.571. The maximum atomic E-state index is 9.99. The first-order chi connectivity index (χ1) is 12.8. The number of hydrogen-bond donors (Lipinski definition) is 1. The second-order valence-corrected chi connectivity index (χ2v) is 12.3. The first kappa shape index (κ1) is 25.3. The Balaban J connectivity index is 0.000000291. The molecule has 2 rings (SSSR count). The predicted molar refractivity (Wildman–Crippen MR) is 129 cm³/mol. The van der Waals surface area contributed by atoms with E-state index >= 15 is 0 Å². The first-order valence-electron chi connectivity index (χ1n) is 10.8. The summed E-state index contributed by atoms with van der Waals surface area (Å²) >= 11 is 0. The van der Waals surface area contributed by atoms with Crippen molar-refractivity contribution < 1.29 is 5.11 Å². The van der Waals surface area contributed by atoms with Crippen LogP contribution in [0.25, 0.3) is 0 Å². The van der Waals surface area contributed by atoms with Gasteiger partial charge in [0.05, 0.1) is 0 Å². The lowest BCUT2D eigenvalue weighted by Crippen LogP contribution is -2.14. The quantitative estimate of drug-likeness (QED) is 0.475. The molecule has 0 bridgehead atoms. The van der Waals surface area contributed by atoms with Crippen molar-refractivity contribution in [1.82, 2.24) is 0 Å². The van der Waals surface area contributed by atoms with Crippen LogP contribution in [0.3, 0.4) is 0 Å². The SMILES string of the molecule is CC(C)(C)c1ccc(C(C)(C)C)c(O)c1.CC(C)(C)c1ccc(C(C)(C)C)cc1. The van der Waals surface area contributed by atoms with Crippen LogP contribution in [-0.4, -0.2) is 5.11 Å². The van der Waals surface area contributed by atoms with Gasteiger partial charge in [-0.2, -0.15) is 0 Å². The van der Waals surface area contributed by atoms with E-state index in [2.05, 4.69) is 113 Å². The van der Waals surface area contributed by atoms with Gasteiger partial charge in [0, 0.05) is 0 Å². The second-order valence-electron chi connectivity index (χ2n) is 12.3. The van der Waals surface area contributed by atoms with E-state index in [4.69, 9.17) is 0 Å². The highest BCUT2D eigenvalue weighted by atomic mass is 16.3. The zero-order chi connectivity index (χ0) is 22.8. The summed E-state index contributed by atoms with van der Waals surface area (Å²) in [7, 11) is 0. The van der Waals surface area contributed by atoms with Crippen molar-refractivity contribution in [3.8, 4) is 5.75 Å². The minimum atomic E-state index is 0.000494. The van der Waals surface area contributed by atoms with E-state index in [-0.39, 0.29) is 21.7 Å². The van der Waals surface area contributed by atoms with Crippen LogP contribution in [0, 0.1) is 0 Å². The van der Waals surface area contributed by atoms with Crippen molar-refractivity contribution in [3.05, 3.63) is 64.7 Å². The predicted octanol–water partition coefficient (Wildman–Crippen LogP) is 8.27. The summed E-state index contributed by atoms with van der Waals surface area (Å²) in [6.45, 7) is 26.3. The highest BCUT2D eigenvalue weighted by Crippen LogP contribution is 2.34. The van der Waals surface area contributed by atoms with E-state index < -0.39 is 0 Å². The van der Waals surface area contributed by atoms with E-state index in [1.165, 1.54) is 16.7 Å². The summed E-state index contributed by atoms with van der Waals surface area (Å²) in [5.41, 5.74) is 5.61. The Morgan fingerprint density at radius 2 is 0.759 bits per heavy atom. The Hall–Kier alpha value is -1.76. The number of rotatable bonds is 0. The van der Waals surface area contributed by atoms with Gasteiger partial charge in [0.25, 0.3) is 0 Å². The van der Waals surface area contributed by atoms with Crippen LogP contribution in [0.2, 0.25) is 0 Å². The van der Waals surface area contributed by atoms with Gasteiger partial charge in [-0.15, -0.1) is 0 Å². The van der Waals surface area contributed by atoms with Crippen molar-refractivity contribution in [2.75, 3.05) is 0 Å². The Labute approximate surface area is 180 Å². The van der Waals surface area contributed by atoms with E-state index in [9.17, 15) is 5.11 Å². The Bertz CT molecular complexity index is 750. The molecular weight excluding hydrogens is 352 g/mol. The van der Waals surface area contributed by atoms with Crippen molar-refractivity contribution in [2.24, 2.45) is 0 Å². The van der Waals surface area contributed by atoms with Crippen molar-refractivity contribution in [1.29, 1.82) is 0 Å². The Kier molecular flexibility index (Phi) is 7.44. The summed E-state index contributed by atoms with van der Waals surface area (Å²) in [6.07, 6.45) is 0. The van der Waals surface area contributed by atoms with Crippen molar-refractivity contribution in [3.63, 3.8) is 0 Å². The zero-order valence-electron chi connectivity index (χ0n) is 21.0. The van der Waals surface area contributed by atoms with Crippen LogP contribution < -0.4 is 0 Å². The number of aromatic hydroxyl groups is 1. The van der Waals surface area contributed by atoms with Crippen LogP contribution in [0.15, 0.2) is 42.5 Å². The third-order valence-corrected chi connectivity index (χ3v) is 5.29. The van der Waals surface area contributed by atoms with Gasteiger partial charge in [-0.1, -0.05) is 119 Å². The van der Waals surface area contributed by atoms with Gasteiger partial charge < -0.3 is 5.11 Å². The van der Waals surface area contributed by atoms with Crippen LogP contribution in [0.5, 0.6) is 5.75 Å². The summed E-state index contributed by atoms with van der Waals surface area (Å²) < 4.78 is 0. The molecule has 1 heteroatoms. The van der Waals surface area contributed by atoms with Crippen molar-refractivity contribution >= 4 is 0 Å². The van der Waals surface area contributed by atoms with E-state index in [0.29, 0.717) is 5.75 Å². The molecule has 0 aliphatic rings. The van der Waals surface area contributed by atoms with Crippen LogP contribution in [0.1, 0.15) is 105 Å². The number of benzene rings is 2. The molecule has 0 radical (unpaired) electrons. The molecule has 2 aromatic rings. The van der Waals surface area contributed by atoms with Crippen LogP contribution >= 0.6 is 0 Å². The highest BCUT2D eigenvalue weighted by Gasteiger charge is 2.21. The molecule has 0 aliphatic carbocycles. The first-order valence-corrected chi connectivity index (χ1v) is 10.8. The second kappa shape index (κ2) is 8.54. The molecule has 0 saturated heterocycles. The van der Waals surface area contributed by atoms with E-state index in [0.717, 1.165) is 5.56 Å². The Morgan fingerprint density at radius 3 is 1.00 bits per heavy atom. The largest absolute Gasteiger partial charge is 0.508 e. The highest BCUT2D eigenvalue weighted by molar-refractivity contribution is 5.42. The topological polar surface area (TPSA) is 20.2 Å². The molecular formula is C28H44O. The van der Waals surface area contributed by atoms with Gasteiger partial charge in [-0.3, -0.25) is 0 Å².